The van der Waals surface area contributed by atoms with E-state index in [1.54, 1.807) is 0 Å². The summed E-state index contributed by atoms with van der Waals surface area (Å²) >= 11 is 0. The van der Waals surface area contributed by atoms with E-state index in [2.05, 4.69) is 39.0 Å². The Morgan fingerprint density at radius 2 is 2.03 bits per heavy atom. The highest BCUT2D eigenvalue weighted by Crippen LogP contribution is 2.68. The first-order valence-electron chi connectivity index (χ1n) is 12.9. The Labute approximate surface area is 187 Å². The van der Waals surface area contributed by atoms with Crippen LogP contribution in [0.2, 0.25) is 0 Å². The van der Waals surface area contributed by atoms with Gasteiger partial charge >= 0.3 is 0 Å². The summed E-state index contributed by atoms with van der Waals surface area (Å²) in [6.45, 7) is 9.11. The second kappa shape index (κ2) is 7.41. The molecule has 11 atom stereocenters. The maximum absolute atomic E-state index is 10.3. The average Bonchev–Trinajstić information content (AvgIpc) is 3.51. The van der Waals surface area contributed by atoms with E-state index < -0.39 is 6.10 Å². The summed E-state index contributed by atoms with van der Waals surface area (Å²) in [7, 11) is 0. The van der Waals surface area contributed by atoms with Crippen LogP contribution in [0.4, 0.5) is 0 Å². The van der Waals surface area contributed by atoms with Crippen LogP contribution in [0.5, 0.6) is 0 Å². The van der Waals surface area contributed by atoms with Gasteiger partial charge in [0, 0.05) is 12.0 Å². The molecular weight excluding hydrogens is 388 g/mol. The molecule has 0 spiro atoms. The first-order chi connectivity index (χ1) is 14.9. The van der Waals surface area contributed by atoms with E-state index in [4.69, 9.17) is 14.2 Å². The van der Waals surface area contributed by atoms with Crippen LogP contribution in [0.25, 0.3) is 0 Å². The Morgan fingerprint density at radius 1 is 1.16 bits per heavy atom. The van der Waals surface area contributed by atoms with Crippen LogP contribution in [-0.2, 0) is 14.2 Å². The normalized spacial score (nSPS) is 53.6. The molecule has 0 aromatic carbocycles. The molecule has 4 aliphatic carbocycles. The molecule has 6 rings (SSSR count). The lowest BCUT2D eigenvalue weighted by molar-refractivity contribution is -0.173. The molecule has 4 fully saturated rings. The van der Waals surface area contributed by atoms with E-state index >= 15 is 0 Å². The van der Waals surface area contributed by atoms with Gasteiger partial charge in [0.15, 0.2) is 6.29 Å². The summed E-state index contributed by atoms with van der Waals surface area (Å²) in [5.74, 6) is 3.35. The average molecular weight is 429 g/mol. The zero-order chi connectivity index (χ0) is 21.4. The van der Waals surface area contributed by atoms with E-state index in [1.165, 1.54) is 44.1 Å². The maximum Gasteiger partial charge on any atom is 0.157 e. The summed E-state index contributed by atoms with van der Waals surface area (Å²) in [5.41, 5.74) is 1.81. The van der Waals surface area contributed by atoms with E-state index in [-0.39, 0.29) is 23.9 Å². The SMILES string of the molecule is CC(COC1CCCCO1)[C@H]1CC[C@H]2[C@@H]3C=CC4=C[C@H](O)[C@@H]5O[C@@H]5[C@]4(C)[C@H]3CC[C@]12C. The largest absolute Gasteiger partial charge is 0.386 e. The Hall–Kier alpha value is -0.680. The summed E-state index contributed by atoms with van der Waals surface area (Å²) in [5, 5.41) is 10.3. The van der Waals surface area contributed by atoms with Gasteiger partial charge in [-0.2, -0.15) is 0 Å². The highest BCUT2D eigenvalue weighted by atomic mass is 16.7. The minimum Gasteiger partial charge on any atom is -0.386 e. The molecule has 4 heteroatoms. The minimum atomic E-state index is -0.423. The zero-order valence-electron chi connectivity index (χ0n) is 19.5. The fraction of sp³-hybridized carbons (Fsp3) is 0.852. The first kappa shape index (κ1) is 20.9. The molecular formula is C27H40O4. The van der Waals surface area contributed by atoms with Gasteiger partial charge in [-0.05, 0) is 91.6 Å². The van der Waals surface area contributed by atoms with E-state index in [0.29, 0.717) is 23.2 Å². The Kier molecular flexibility index (Phi) is 5.00. The second-order valence-corrected chi connectivity index (χ2v) is 11.9. The molecule has 2 saturated heterocycles. The Bertz CT molecular complexity index is 769. The van der Waals surface area contributed by atoms with Crippen molar-refractivity contribution < 1.29 is 19.3 Å². The fourth-order valence-electron chi connectivity index (χ4n) is 8.72. The first-order valence-corrected chi connectivity index (χ1v) is 12.9. The van der Waals surface area contributed by atoms with Crippen molar-refractivity contribution in [2.75, 3.05) is 13.2 Å². The molecule has 2 unspecified atom stereocenters. The van der Waals surface area contributed by atoms with Crippen molar-refractivity contribution in [2.24, 2.45) is 40.4 Å². The van der Waals surface area contributed by atoms with Crippen molar-refractivity contribution >= 4 is 0 Å². The zero-order valence-corrected chi connectivity index (χ0v) is 19.5. The smallest absolute Gasteiger partial charge is 0.157 e. The van der Waals surface area contributed by atoms with Gasteiger partial charge in [-0.1, -0.05) is 32.9 Å². The van der Waals surface area contributed by atoms with Crippen molar-refractivity contribution in [2.45, 2.75) is 90.3 Å². The molecule has 0 radical (unpaired) electrons. The Morgan fingerprint density at radius 3 is 2.84 bits per heavy atom. The van der Waals surface area contributed by atoms with Crippen LogP contribution in [0.1, 0.15) is 65.7 Å². The molecule has 0 amide bonds. The minimum absolute atomic E-state index is 0.0246. The lowest BCUT2D eigenvalue weighted by Gasteiger charge is -2.56. The molecule has 4 nitrogen and oxygen atoms in total. The molecule has 6 aliphatic rings. The van der Waals surface area contributed by atoms with Gasteiger partial charge in [-0.15, -0.1) is 0 Å². The van der Waals surface area contributed by atoms with Crippen molar-refractivity contribution in [3.05, 3.63) is 23.8 Å². The van der Waals surface area contributed by atoms with Crippen LogP contribution in [0.3, 0.4) is 0 Å². The highest BCUT2D eigenvalue weighted by molar-refractivity contribution is 5.41. The van der Waals surface area contributed by atoms with Gasteiger partial charge in [-0.3, -0.25) is 0 Å². The van der Waals surface area contributed by atoms with E-state index in [9.17, 15) is 5.11 Å². The summed E-state index contributed by atoms with van der Waals surface area (Å²) in [4.78, 5) is 0. The molecule has 0 aromatic heterocycles. The van der Waals surface area contributed by atoms with Gasteiger partial charge in [0.25, 0.3) is 0 Å². The number of aliphatic hydroxyl groups is 1. The summed E-state index contributed by atoms with van der Waals surface area (Å²) < 4.78 is 18.1. The van der Waals surface area contributed by atoms with Crippen molar-refractivity contribution in [3.8, 4) is 0 Å². The lowest BCUT2D eigenvalue weighted by atomic mass is 9.48. The second-order valence-electron chi connectivity index (χ2n) is 11.9. The van der Waals surface area contributed by atoms with Crippen LogP contribution in [0.15, 0.2) is 23.8 Å². The predicted octanol–water partition coefficient (Wildman–Crippen LogP) is 4.87. The molecule has 0 bridgehead atoms. The fourth-order valence-corrected chi connectivity index (χ4v) is 8.72. The molecule has 2 saturated carbocycles. The molecule has 0 aromatic rings. The van der Waals surface area contributed by atoms with Crippen molar-refractivity contribution in [1.82, 2.24) is 0 Å². The number of ether oxygens (including phenoxy) is 3. The van der Waals surface area contributed by atoms with Gasteiger partial charge in [-0.25, -0.2) is 0 Å². The number of rotatable bonds is 4. The van der Waals surface area contributed by atoms with Crippen LogP contribution in [-0.4, -0.2) is 42.9 Å². The summed E-state index contributed by atoms with van der Waals surface area (Å²) in [6.07, 6.45) is 15.5. The highest BCUT2D eigenvalue weighted by Gasteiger charge is 2.66. The maximum atomic E-state index is 10.3. The lowest BCUT2D eigenvalue weighted by Crippen LogP contribution is -2.52. The van der Waals surface area contributed by atoms with Crippen molar-refractivity contribution in [3.63, 3.8) is 0 Å². The van der Waals surface area contributed by atoms with Crippen molar-refractivity contribution in [1.29, 1.82) is 0 Å². The van der Waals surface area contributed by atoms with Crippen LogP contribution < -0.4 is 0 Å². The number of aliphatic hydroxyl groups excluding tert-OH is 1. The van der Waals surface area contributed by atoms with Crippen LogP contribution >= 0.6 is 0 Å². The number of fused-ring (bicyclic) bond motifs is 7. The third-order valence-electron chi connectivity index (χ3n) is 10.5. The quantitative estimate of drug-likeness (QED) is 0.649. The number of allylic oxidation sites excluding steroid dienone is 2. The number of hydrogen-bond donors (Lipinski definition) is 1. The van der Waals surface area contributed by atoms with Gasteiger partial charge < -0.3 is 19.3 Å². The predicted molar refractivity (Wildman–Crippen MR) is 119 cm³/mol. The van der Waals surface area contributed by atoms with Gasteiger partial charge in [0.1, 0.15) is 12.2 Å². The Balaban J connectivity index is 1.19. The third-order valence-corrected chi connectivity index (χ3v) is 10.5. The molecule has 2 heterocycles. The third kappa shape index (κ3) is 3.08. The van der Waals surface area contributed by atoms with Crippen LogP contribution in [0, 0.1) is 40.4 Å². The van der Waals surface area contributed by atoms with Gasteiger partial charge in [0.05, 0.1) is 12.7 Å². The molecule has 172 valence electrons. The number of epoxide rings is 1. The standard InChI is InChI=1S/C27H40O4/c1-16(15-30-23-6-4-5-13-29-23)19-9-10-20-18-8-7-17-14-22(28)24-25(31-24)27(17,3)21(18)11-12-26(19,20)2/h7-8,14,16,18-25,28H,4-6,9-13,15H2,1-3H3/t16?,18-,19+,20-,21-,22-,23?,24-,25-,26+,27-/m0/s1. The molecule has 31 heavy (non-hydrogen) atoms. The summed E-state index contributed by atoms with van der Waals surface area (Å²) in [6, 6.07) is 0. The van der Waals surface area contributed by atoms with E-state index in [0.717, 1.165) is 31.5 Å². The topological polar surface area (TPSA) is 51.2 Å². The molecule has 1 N–H and O–H groups in total. The van der Waals surface area contributed by atoms with E-state index in [1.807, 2.05) is 0 Å². The number of hydrogen-bond acceptors (Lipinski definition) is 4. The monoisotopic (exact) mass is 428 g/mol. The van der Waals surface area contributed by atoms with Gasteiger partial charge in [0.2, 0.25) is 0 Å². The molecule has 2 aliphatic heterocycles.